The summed E-state index contributed by atoms with van der Waals surface area (Å²) in [6.07, 6.45) is 3.79. The molecule has 0 fully saturated rings. The first-order valence-corrected chi connectivity index (χ1v) is 20.1. The first-order valence-electron chi connectivity index (χ1n) is 11.3. The molecule has 2 aromatic rings. The Kier molecular flexibility index (Phi) is 9.63. The van der Waals surface area contributed by atoms with Gasteiger partial charge in [0.25, 0.3) is 0 Å². The predicted octanol–water partition coefficient (Wildman–Crippen LogP) is 1.87. The minimum Gasteiger partial charge on any atom is -1.00 e. The maximum atomic E-state index is 2.70. The van der Waals surface area contributed by atoms with Gasteiger partial charge in [-0.2, -0.15) is 0 Å². The maximum Gasteiger partial charge on any atom is -1.00 e. The molecule has 0 aliphatic heterocycles. The van der Waals surface area contributed by atoms with Crippen LogP contribution < -0.4 is 24.8 Å². The number of rotatable bonds is 4. The van der Waals surface area contributed by atoms with Gasteiger partial charge in [0.1, 0.15) is 0 Å². The molecule has 32 heavy (non-hydrogen) atoms. The third-order valence-electron chi connectivity index (χ3n) is 7.35. The zero-order chi connectivity index (χ0) is 21.6. The number of aryl methyl sites for hydroxylation is 1. The van der Waals surface area contributed by atoms with Crippen molar-refractivity contribution in [2.24, 2.45) is 5.92 Å². The summed E-state index contributed by atoms with van der Waals surface area (Å²) in [7, 11) is 0. The Labute approximate surface area is 215 Å². The first-order chi connectivity index (χ1) is 14.3. The molecule has 0 amide bonds. The quantitative estimate of drug-likeness (QED) is 0.501. The molecular formula is C28H34Cl2SiZr. The fourth-order valence-electron chi connectivity index (χ4n) is 5.36. The Morgan fingerprint density at radius 2 is 1.59 bits per heavy atom. The van der Waals surface area contributed by atoms with E-state index in [1.54, 1.807) is 22.3 Å². The summed E-state index contributed by atoms with van der Waals surface area (Å²) in [5, 5.41) is 0. The summed E-state index contributed by atoms with van der Waals surface area (Å²) in [4.78, 5) is 0. The molecule has 0 saturated heterocycles. The van der Waals surface area contributed by atoms with E-state index in [2.05, 4.69) is 102 Å². The predicted molar refractivity (Wildman–Crippen MR) is 130 cm³/mol. The zero-order valence-corrected chi connectivity index (χ0v) is 25.3. The van der Waals surface area contributed by atoms with Crippen LogP contribution in [0.25, 0.3) is 5.57 Å². The second-order valence-electron chi connectivity index (χ2n) is 9.18. The van der Waals surface area contributed by atoms with Crippen LogP contribution in [0.5, 0.6) is 0 Å². The summed E-state index contributed by atoms with van der Waals surface area (Å²) in [5.41, 5.74) is 11.9. The molecule has 0 heterocycles. The van der Waals surface area contributed by atoms with Gasteiger partial charge in [-0.05, 0) is 0 Å². The largest absolute Gasteiger partial charge is 1.00 e. The van der Waals surface area contributed by atoms with Crippen LogP contribution in [-0.4, -0.2) is 5.43 Å². The second-order valence-corrected chi connectivity index (χ2v) is 26.6. The Morgan fingerprint density at radius 1 is 0.906 bits per heavy atom. The van der Waals surface area contributed by atoms with Gasteiger partial charge in [0.15, 0.2) is 0 Å². The standard InChI is InChI=1S/C17H15.C9H13.C2H6Si.2ClH.Zr/c1-2-13-6-5-8-15(12-13)17-11-10-14-7-3-4-9-16(14)17;1-6-5-7(2)9(4)8(6)3;1-3-2;;;/h3-12H,2H2,1H3;6H,1-4H3;1-2H3;2*1H;/q;;;;;+2/p-2. The average molecular weight is 561 g/mol. The molecule has 2 unspecified atom stereocenters. The molecule has 0 nitrogen and oxygen atoms in total. The minimum absolute atomic E-state index is 0. The first kappa shape index (κ1) is 27.6. The van der Waals surface area contributed by atoms with Crippen LogP contribution in [0.15, 0.2) is 74.6 Å². The van der Waals surface area contributed by atoms with Crippen molar-refractivity contribution in [1.82, 2.24) is 0 Å². The monoisotopic (exact) mass is 558 g/mol. The van der Waals surface area contributed by atoms with Gasteiger partial charge in [-0.25, -0.2) is 0 Å². The molecular weight excluding hydrogens is 527 g/mol. The van der Waals surface area contributed by atoms with E-state index < -0.39 is 20.4 Å². The Morgan fingerprint density at radius 3 is 2.19 bits per heavy atom. The minimum atomic E-state index is -1.90. The fraction of sp³-hybridized carbons (Fsp3) is 0.357. The van der Waals surface area contributed by atoms with Gasteiger partial charge < -0.3 is 24.8 Å². The Balaban J connectivity index is 0.00000181. The summed E-state index contributed by atoms with van der Waals surface area (Å²) >= 11 is -1.90. The molecule has 2 aromatic carbocycles. The maximum absolute atomic E-state index is 2.70. The SMILES string of the molecule is CCc1cccc(C2=C[CH]([Zr+2]([C]3=C(C)C(C)=C(C)C3C)=[Si](C)C)c3ccccc32)c1.[Cl-].[Cl-]. The van der Waals surface area contributed by atoms with Gasteiger partial charge in [-0.3, -0.25) is 0 Å². The van der Waals surface area contributed by atoms with Gasteiger partial charge in [0.05, 0.1) is 0 Å². The zero-order valence-electron chi connectivity index (χ0n) is 20.3. The molecule has 0 saturated carbocycles. The Hall–Kier alpha value is -0.660. The van der Waals surface area contributed by atoms with Crippen LogP contribution in [0.4, 0.5) is 0 Å². The summed E-state index contributed by atoms with van der Waals surface area (Å²) in [5.74, 6) is 0.660. The van der Waals surface area contributed by atoms with Crippen LogP contribution in [-0.2, 0) is 26.8 Å². The van der Waals surface area contributed by atoms with E-state index in [1.807, 2.05) is 3.28 Å². The molecule has 2 atom stereocenters. The summed E-state index contributed by atoms with van der Waals surface area (Å²) in [6, 6.07) is 18.5. The number of allylic oxidation sites excluding steroid dienone is 5. The normalized spacial score (nSPS) is 19.0. The third kappa shape index (κ3) is 4.76. The second kappa shape index (κ2) is 11.2. The molecule has 2 aliphatic carbocycles. The van der Waals surface area contributed by atoms with E-state index in [1.165, 1.54) is 22.3 Å². The van der Waals surface area contributed by atoms with Crippen molar-refractivity contribution < 1.29 is 45.2 Å². The van der Waals surface area contributed by atoms with E-state index in [4.69, 9.17) is 0 Å². The third-order valence-corrected chi connectivity index (χ3v) is 25.9. The van der Waals surface area contributed by atoms with Gasteiger partial charge in [0, 0.05) is 0 Å². The van der Waals surface area contributed by atoms with Crippen LogP contribution >= 0.6 is 0 Å². The molecule has 0 N–H and O–H groups in total. The molecule has 0 bridgehead atoms. The molecule has 4 heteroatoms. The smallest absolute Gasteiger partial charge is 1.00 e. The molecule has 0 aromatic heterocycles. The molecule has 0 radical (unpaired) electrons. The number of fused-ring (bicyclic) bond motifs is 1. The molecule has 168 valence electrons. The number of hydrogen-bond acceptors (Lipinski definition) is 0. The van der Waals surface area contributed by atoms with Crippen molar-refractivity contribution in [3.63, 3.8) is 0 Å². The average Bonchev–Trinajstić information content (AvgIpc) is 3.22. The van der Waals surface area contributed by atoms with E-state index >= 15 is 0 Å². The van der Waals surface area contributed by atoms with Gasteiger partial charge >= 0.3 is 192 Å². The topological polar surface area (TPSA) is 0 Å². The summed E-state index contributed by atoms with van der Waals surface area (Å²) in [6.45, 7) is 17.1. The summed E-state index contributed by atoms with van der Waals surface area (Å²) < 4.78 is 2.59. The Bertz CT molecular complexity index is 1150. The number of benzene rings is 2. The van der Waals surface area contributed by atoms with Crippen molar-refractivity contribution in [3.8, 4) is 0 Å². The van der Waals surface area contributed by atoms with Crippen molar-refractivity contribution in [1.29, 1.82) is 0 Å². The molecule has 4 rings (SSSR count). The van der Waals surface area contributed by atoms with E-state index in [-0.39, 0.29) is 30.2 Å². The van der Waals surface area contributed by atoms with Crippen molar-refractivity contribution in [2.75, 3.05) is 0 Å². The van der Waals surface area contributed by atoms with Crippen LogP contribution in [0.1, 0.15) is 60.5 Å². The van der Waals surface area contributed by atoms with Gasteiger partial charge in [0.2, 0.25) is 0 Å². The van der Waals surface area contributed by atoms with Crippen molar-refractivity contribution in [3.05, 3.63) is 96.9 Å². The number of halogens is 2. The van der Waals surface area contributed by atoms with Crippen LogP contribution in [0.3, 0.4) is 0 Å². The van der Waals surface area contributed by atoms with Crippen molar-refractivity contribution in [2.45, 2.75) is 57.8 Å². The van der Waals surface area contributed by atoms with E-state index in [0.29, 0.717) is 9.54 Å². The fourth-order valence-corrected chi connectivity index (χ4v) is 25.0. The van der Waals surface area contributed by atoms with Gasteiger partial charge in [-0.15, -0.1) is 0 Å². The molecule has 2 aliphatic rings. The van der Waals surface area contributed by atoms with Crippen molar-refractivity contribution >= 4 is 11.0 Å². The van der Waals surface area contributed by atoms with Crippen LogP contribution in [0, 0.1) is 5.92 Å². The van der Waals surface area contributed by atoms with Gasteiger partial charge in [-0.1, -0.05) is 0 Å². The van der Waals surface area contributed by atoms with E-state index in [0.717, 1.165) is 6.42 Å². The van der Waals surface area contributed by atoms with Crippen LogP contribution in [0.2, 0.25) is 13.1 Å². The number of hydrogen-bond donors (Lipinski definition) is 0. The van der Waals surface area contributed by atoms with E-state index in [9.17, 15) is 0 Å². The molecule has 0 spiro atoms.